The van der Waals surface area contributed by atoms with Crippen LogP contribution in [0.4, 0.5) is 13.2 Å². The van der Waals surface area contributed by atoms with Gasteiger partial charge in [-0.2, -0.15) is 13.2 Å². The monoisotopic (exact) mass is 323 g/mol. The molecule has 0 amide bonds. The Morgan fingerprint density at radius 3 is 2.39 bits per heavy atom. The topological polar surface area (TPSA) is 23.5 Å². The first-order valence-corrected chi connectivity index (χ1v) is 7.89. The van der Waals surface area contributed by atoms with Crippen molar-refractivity contribution in [2.24, 2.45) is 5.92 Å². The van der Waals surface area contributed by atoms with Gasteiger partial charge in [0.1, 0.15) is 0 Å². The smallest absolute Gasteiger partial charge is 0.383 e. The Bertz CT molecular complexity index is 657. The molecular formula is C18H20F3NO. The van der Waals surface area contributed by atoms with Crippen LogP contribution in [0.25, 0.3) is 10.8 Å². The lowest BCUT2D eigenvalue weighted by Gasteiger charge is -2.34. The molecule has 1 N–H and O–H groups in total. The first-order valence-electron chi connectivity index (χ1n) is 7.89. The van der Waals surface area contributed by atoms with Gasteiger partial charge < -0.3 is 5.11 Å². The van der Waals surface area contributed by atoms with E-state index in [9.17, 15) is 18.3 Å². The highest BCUT2D eigenvalue weighted by atomic mass is 19.4. The average molecular weight is 323 g/mol. The number of fused-ring (bicyclic) bond motifs is 1. The number of hydrogen-bond donors (Lipinski definition) is 1. The summed E-state index contributed by atoms with van der Waals surface area (Å²) in [7, 11) is 0. The van der Waals surface area contributed by atoms with Crippen LogP contribution in [0.1, 0.15) is 18.4 Å². The number of nitrogens with zero attached hydrogens (tertiary/aromatic N) is 1. The molecule has 1 atom stereocenters. The zero-order valence-electron chi connectivity index (χ0n) is 12.8. The van der Waals surface area contributed by atoms with Crippen LogP contribution in [0, 0.1) is 5.92 Å². The summed E-state index contributed by atoms with van der Waals surface area (Å²) in [5.74, 6) is -0.682. The molecule has 1 fully saturated rings. The Labute approximate surface area is 133 Å². The van der Waals surface area contributed by atoms with Crippen LogP contribution in [0.15, 0.2) is 42.5 Å². The quantitative estimate of drug-likeness (QED) is 0.924. The van der Waals surface area contributed by atoms with Gasteiger partial charge in [-0.05, 0) is 48.2 Å². The highest BCUT2D eigenvalue weighted by Crippen LogP contribution is 2.32. The number of benzene rings is 2. The molecule has 2 nitrogen and oxygen atoms in total. The Balaban J connectivity index is 1.65. The van der Waals surface area contributed by atoms with Gasteiger partial charge in [0.25, 0.3) is 0 Å². The average Bonchev–Trinajstić information content (AvgIpc) is 2.54. The highest BCUT2D eigenvalue weighted by Gasteiger charge is 2.44. The van der Waals surface area contributed by atoms with Gasteiger partial charge in [0.15, 0.2) is 6.10 Å². The number of halogens is 3. The second-order valence-corrected chi connectivity index (χ2v) is 6.24. The fourth-order valence-electron chi connectivity index (χ4n) is 3.37. The largest absolute Gasteiger partial charge is 0.414 e. The normalized spacial score (nSPS) is 19.1. The van der Waals surface area contributed by atoms with Crippen molar-refractivity contribution < 1.29 is 18.3 Å². The molecule has 0 aromatic heterocycles. The predicted octanol–water partition coefficient (Wildman–Crippen LogP) is 3.98. The van der Waals surface area contributed by atoms with E-state index in [1.165, 1.54) is 16.3 Å². The molecule has 1 unspecified atom stereocenters. The van der Waals surface area contributed by atoms with Crippen LogP contribution in [0.2, 0.25) is 0 Å². The van der Waals surface area contributed by atoms with E-state index in [0.717, 1.165) is 6.54 Å². The SMILES string of the molecule is OC(C1CCN(Cc2cccc3ccccc23)CC1)C(F)(F)F. The fourth-order valence-corrected chi connectivity index (χ4v) is 3.37. The molecule has 2 aromatic carbocycles. The number of piperidine rings is 1. The van der Waals surface area contributed by atoms with Crippen molar-refractivity contribution in [2.75, 3.05) is 13.1 Å². The van der Waals surface area contributed by atoms with Crippen molar-refractivity contribution in [1.29, 1.82) is 0 Å². The minimum Gasteiger partial charge on any atom is -0.383 e. The first kappa shape index (κ1) is 16.3. The van der Waals surface area contributed by atoms with Gasteiger partial charge in [0, 0.05) is 6.54 Å². The van der Waals surface area contributed by atoms with E-state index < -0.39 is 18.2 Å². The molecule has 0 spiro atoms. The number of rotatable bonds is 3. The molecule has 1 heterocycles. The first-order chi connectivity index (χ1) is 10.9. The summed E-state index contributed by atoms with van der Waals surface area (Å²) in [5.41, 5.74) is 1.19. The van der Waals surface area contributed by atoms with Crippen LogP contribution in [0.3, 0.4) is 0 Å². The Morgan fingerprint density at radius 2 is 1.70 bits per heavy atom. The molecular weight excluding hydrogens is 303 g/mol. The van der Waals surface area contributed by atoms with Crippen LogP contribution >= 0.6 is 0 Å². The van der Waals surface area contributed by atoms with Crippen LogP contribution in [-0.2, 0) is 6.54 Å². The van der Waals surface area contributed by atoms with Gasteiger partial charge in [-0.1, -0.05) is 42.5 Å². The standard InChI is InChI=1S/C18H20F3NO/c19-18(20,21)17(23)14-8-10-22(11-9-14)12-15-6-3-5-13-4-1-2-7-16(13)15/h1-7,14,17,23H,8-12H2. The third-order valence-corrected chi connectivity index (χ3v) is 4.69. The van der Waals surface area contributed by atoms with E-state index in [-0.39, 0.29) is 0 Å². The molecule has 124 valence electrons. The minimum absolute atomic E-state index is 0.380. The lowest BCUT2D eigenvalue weighted by atomic mass is 9.90. The molecule has 3 rings (SSSR count). The van der Waals surface area contributed by atoms with Crippen LogP contribution in [-0.4, -0.2) is 35.4 Å². The minimum atomic E-state index is -4.51. The molecule has 23 heavy (non-hydrogen) atoms. The number of aliphatic hydroxyl groups is 1. The highest BCUT2D eigenvalue weighted by molar-refractivity contribution is 5.85. The number of likely N-dealkylation sites (tertiary alicyclic amines) is 1. The summed E-state index contributed by atoms with van der Waals surface area (Å²) in [6.45, 7) is 1.90. The van der Waals surface area contributed by atoms with Crippen LogP contribution < -0.4 is 0 Å². The summed E-state index contributed by atoms with van der Waals surface area (Å²) < 4.78 is 37.8. The molecule has 2 aromatic rings. The number of hydrogen-bond acceptors (Lipinski definition) is 2. The van der Waals surface area contributed by atoms with Gasteiger partial charge >= 0.3 is 6.18 Å². The van der Waals surface area contributed by atoms with Crippen molar-refractivity contribution in [3.05, 3.63) is 48.0 Å². The number of alkyl halides is 3. The summed E-state index contributed by atoms with van der Waals surface area (Å²) in [6.07, 6.45) is -5.94. The fraction of sp³-hybridized carbons (Fsp3) is 0.444. The molecule has 0 aliphatic carbocycles. The van der Waals surface area contributed by atoms with Gasteiger partial charge in [0.05, 0.1) is 0 Å². The van der Waals surface area contributed by atoms with Gasteiger partial charge in [-0.3, -0.25) is 4.90 Å². The molecule has 0 bridgehead atoms. The summed E-state index contributed by atoms with van der Waals surface area (Å²) >= 11 is 0. The number of aliphatic hydroxyl groups excluding tert-OH is 1. The van der Waals surface area contributed by atoms with E-state index >= 15 is 0 Å². The summed E-state index contributed by atoms with van der Waals surface area (Å²) in [6, 6.07) is 14.3. The zero-order chi connectivity index (χ0) is 16.4. The second-order valence-electron chi connectivity index (χ2n) is 6.24. The van der Waals surface area contributed by atoms with Gasteiger partial charge in [-0.15, -0.1) is 0 Å². The molecule has 0 radical (unpaired) electrons. The maximum Gasteiger partial charge on any atom is 0.414 e. The Kier molecular flexibility index (Phi) is 4.60. The lowest BCUT2D eigenvalue weighted by Crippen LogP contribution is -2.43. The van der Waals surface area contributed by atoms with E-state index in [0.29, 0.717) is 25.9 Å². The van der Waals surface area contributed by atoms with E-state index in [1.54, 1.807) is 0 Å². The van der Waals surface area contributed by atoms with Crippen molar-refractivity contribution in [3.63, 3.8) is 0 Å². The van der Waals surface area contributed by atoms with Gasteiger partial charge in [0.2, 0.25) is 0 Å². The lowest BCUT2D eigenvalue weighted by molar-refractivity contribution is -0.223. The maximum atomic E-state index is 12.6. The van der Waals surface area contributed by atoms with Crippen molar-refractivity contribution in [1.82, 2.24) is 4.90 Å². The maximum absolute atomic E-state index is 12.6. The molecule has 0 saturated carbocycles. The van der Waals surface area contributed by atoms with Crippen LogP contribution in [0.5, 0.6) is 0 Å². The van der Waals surface area contributed by atoms with Crippen molar-refractivity contribution in [2.45, 2.75) is 31.7 Å². The second kappa shape index (κ2) is 6.49. The molecule has 1 aliphatic heterocycles. The Morgan fingerprint density at radius 1 is 1.04 bits per heavy atom. The molecule has 1 aliphatic rings. The van der Waals surface area contributed by atoms with E-state index in [1.807, 2.05) is 18.2 Å². The molecule has 1 saturated heterocycles. The summed E-state index contributed by atoms with van der Waals surface area (Å²) in [4.78, 5) is 2.17. The third kappa shape index (κ3) is 3.67. The zero-order valence-corrected chi connectivity index (χ0v) is 12.8. The van der Waals surface area contributed by atoms with E-state index in [2.05, 4.69) is 29.2 Å². The molecule has 5 heteroatoms. The van der Waals surface area contributed by atoms with Crippen molar-refractivity contribution >= 4 is 10.8 Å². The Hall–Kier alpha value is -1.59. The van der Waals surface area contributed by atoms with E-state index in [4.69, 9.17) is 0 Å². The summed E-state index contributed by atoms with van der Waals surface area (Å²) in [5, 5.41) is 11.7. The van der Waals surface area contributed by atoms with Gasteiger partial charge in [-0.25, -0.2) is 0 Å². The van der Waals surface area contributed by atoms with Crippen molar-refractivity contribution in [3.8, 4) is 0 Å². The third-order valence-electron chi connectivity index (χ3n) is 4.69. The predicted molar refractivity (Wildman–Crippen MR) is 84.0 cm³/mol.